The number of H-pyrrole nitrogens is 1. The van der Waals surface area contributed by atoms with Gasteiger partial charge >= 0.3 is 0 Å². The molecule has 1 aliphatic rings. The molecule has 0 radical (unpaired) electrons. The number of aromatic nitrogens is 1. The van der Waals surface area contributed by atoms with Crippen molar-refractivity contribution in [2.45, 2.75) is 39.2 Å². The molecule has 7 heteroatoms. The van der Waals surface area contributed by atoms with Crippen molar-refractivity contribution in [3.05, 3.63) is 33.2 Å². The normalized spacial score (nSPS) is 17.8. The predicted molar refractivity (Wildman–Crippen MR) is 88.5 cm³/mol. The second kappa shape index (κ2) is 7.30. The molecule has 2 amide bonds. The van der Waals surface area contributed by atoms with Gasteiger partial charge in [-0.3, -0.25) is 14.4 Å². The Hall–Kier alpha value is -2.62. The molecule has 0 aliphatic carbocycles. The van der Waals surface area contributed by atoms with Gasteiger partial charge in [-0.25, -0.2) is 0 Å². The summed E-state index contributed by atoms with van der Waals surface area (Å²) in [5.41, 5.74) is 0.0627. The van der Waals surface area contributed by atoms with Crippen LogP contribution in [0, 0.1) is 18.3 Å². The highest BCUT2D eigenvalue weighted by atomic mass is 16.2. The Balaban J connectivity index is 2.38. The molecule has 1 atom stereocenters. The van der Waals surface area contributed by atoms with E-state index in [0.29, 0.717) is 25.2 Å². The van der Waals surface area contributed by atoms with E-state index in [0.717, 1.165) is 12.8 Å². The second-order valence-corrected chi connectivity index (χ2v) is 6.08. The minimum absolute atomic E-state index is 0.0642. The van der Waals surface area contributed by atoms with Crippen LogP contribution in [0.3, 0.4) is 0 Å². The topological polar surface area (TPSA) is 97.3 Å². The first-order valence-corrected chi connectivity index (χ1v) is 8.10. The molecule has 0 bridgehead atoms. The lowest BCUT2D eigenvalue weighted by molar-refractivity contribution is -0.138. The van der Waals surface area contributed by atoms with Gasteiger partial charge in [-0.2, -0.15) is 5.26 Å². The van der Waals surface area contributed by atoms with Crippen LogP contribution < -0.4 is 5.56 Å². The first-order valence-electron chi connectivity index (χ1n) is 8.10. The Morgan fingerprint density at radius 2 is 2.12 bits per heavy atom. The number of piperazine rings is 1. The van der Waals surface area contributed by atoms with E-state index in [1.807, 2.05) is 6.92 Å². The number of hydrogen-bond acceptors (Lipinski definition) is 4. The summed E-state index contributed by atoms with van der Waals surface area (Å²) in [6.07, 6.45) is 2.40. The van der Waals surface area contributed by atoms with Crippen molar-refractivity contribution in [2.24, 2.45) is 0 Å². The quantitative estimate of drug-likeness (QED) is 0.891. The number of aromatic amines is 1. The molecule has 1 aromatic rings. The number of unbranched alkanes of at least 4 members (excludes halogenated alkanes) is 1. The third-order valence-corrected chi connectivity index (χ3v) is 4.39. The van der Waals surface area contributed by atoms with E-state index in [1.54, 1.807) is 29.8 Å². The maximum Gasteiger partial charge on any atom is 0.266 e. The van der Waals surface area contributed by atoms with Crippen molar-refractivity contribution >= 4 is 11.8 Å². The van der Waals surface area contributed by atoms with Gasteiger partial charge in [-0.1, -0.05) is 19.8 Å². The highest BCUT2D eigenvalue weighted by molar-refractivity contribution is 5.99. The third kappa shape index (κ3) is 3.32. The van der Waals surface area contributed by atoms with Crippen LogP contribution in [0.4, 0.5) is 0 Å². The lowest BCUT2D eigenvalue weighted by atomic mass is 10.0. The maximum atomic E-state index is 12.9. The fourth-order valence-electron chi connectivity index (χ4n) is 2.91. The molecule has 24 heavy (non-hydrogen) atoms. The van der Waals surface area contributed by atoms with Crippen molar-refractivity contribution in [2.75, 3.05) is 20.1 Å². The van der Waals surface area contributed by atoms with Crippen molar-refractivity contribution in [1.29, 1.82) is 5.26 Å². The minimum Gasteiger partial charge on any atom is -0.342 e. The van der Waals surface area contributed by atoms with E-state index < -0.39 is 11.6 Å². The Morgan fingerprint density at radius 1 is 1.42 bits per heavy atom. The summed E-state index contributed by atoms with van der Waals surface area (Å²) in [7, 11) is 1.74. The van der Waals surface area contributed by atoms with Crippen LogP contribution in [0.2, 0.25) is 0 Å². The summed E-state index contributed by atoms with van der Waals surface area (Å²) in [6, 6.07) is 2.62. The number of nitrogens with zero attached hydrogens (tertiary/aromatic N) is 3. The summed E-state index contributed by atoms with van der Waals surface area (Å²) < 4.78 is 0. The number of carbonyl (C=O) groups is 2. The predicted octanol–water partition coefficient (Wildman–Crippen LogP) is 1.03. The molecule has 7 nitrogen and oxygen atoms in total. The van der Waals surface area contributed by atoms with Gasteiger partial charge in [0.1, 0.15) is 17.7 Å². The lowest BCUT2D eigenvalue weighted by Crippen LogP contribution is -2.57. The van der Waals surface area contributed by atoms with Crippen LogP contribution in [-0.4, -0.2) is 52.8 Å². The number of hydrogen-bond donors (Lipinski definition) is 1. The molecular formula is C17H22N4O3. The largest absolute Gasteiger partial charge is 0.342 e. The molecular weight excluding hydrogens is 308 g/mol. The van der Waals surface area contributed by atoms with E-state index in [1.165, 1.54) is 6.07 Å². The van der Waals surface area contributed by atoms with Crippen LogP contribution in [0.1, 0.15) is 47.8 Å². The molecule has 2 heterocycles. The van der Waals surface area contributed by atoms with Gasteiger partial charge in [0.05, 0.1) is 5.56 Å². The Morgan fingerprint density at radius 3 is 2.75 bits per heavy atom. The molecule has 1 saturated heterocycles. The van der Waals surface area contributed by atoms with E-state index in [2.05, 4.69) is 4.98 Å². The molecule has 1 aliphatic heterocycles. The number of aryl methyl sites for hydroxylation is 1. The molecule has 2 rings (SSSR count). The molecule has 128 valence electrons. The van der Waals surface area contributed by atoms with Gasteiger partial charge in [0.2, 0.25) is 5.91 Å². The van der Waals surface area contributed by atoms with E-state index in [9.17, 15) is 14.4 Å². The fraction of sp³-hybridized carbons (Fsp3) is 0.529. The van der Waals surface area contributed by atoms with Gasteiger partial charge in [0, 0.05) is 25.8 Å². The maximum absolute atomic E-state index is 12.9. The number of carbonyl (C=O) groups excluding carboxylic acids is 2. The van der Waals surface area contributed by atoms with E-state index in [4.69, 9.17) is 5.26 Å². The molecule has 1 N–H and O–H groups in total. The minimum atomic E-state index is -0.511. The molecule has 1 aromatic heterocycles. The Bertz CT molecular complexity index is 747. The third-order valence-electron chi connectivity index (χ3n) is 4.39. The van der Waals surface area contributed by atoms with Crippen LogP contribution in [0.15, 0.2) is 10.9 Å². The highest BCUT2D eigenvalue weighted by Crippen LogP contribution is 2.20. The average molecular weight is 330 g/mol. The van der Waals surface area contributed by atoms with Gasteiger partial charge in [-0.05, 0) is 19.4 Å². The first kappa shape index (κ1) is 17.7. The van der Waals surface area contributed by atoms with Crippen molar-refractivity contribution in [3.63, 3.8) is 0 Å². The molecule has 0 aromatic carbocycles. The van der Waals surface area contributed by atoms with Crippen molar-refractivity contribution < 1.29 is 9.59 Å². The number of likely N-dealkylation sites (N-methyl/N-ethyl adjacent to an activating group) is 1. The summed E-state index contributed by atoms with van der Waals surface area (Å²) in [5.74, 6) is -0.381. The zero-order valence-electron chi connectivity index (χ0n) is 14.3. The van der Waals surface area contributed by atoms with Gasteiger partial charge in [-0.15, -0.1) is 0 Å². The van der Waals surface area contributed by atoms with Crippen LogP contribution in [0.5, 0.6) is 0 Å². The number of nitrogens with one attached hydrogen (secondary N) is 1. The van der Waals surface area contributed by atoms with Crippen LogP contribution in [0.25, 0.3) is 0 Å². The zero-order chi connectivity index (χ0) is 17.9. The summed E-state index contributed by atoms with van der Waals surface area (Å²) in [4.78, 5) is 42.8. The summed E-state index contributed by atoms with van der Waals surface area (Å²) in [6.45, 7) is 4.57. The van der Waals surface area contributed by atoms with E-state index >= 15 is 0 Å². The summed E-state index contributed by atoms with van der Waals surface area (Å²) in [5, 5.41) is 9.02. The molecule has 0 saturated carbocycles. The Kier molecular flexibility index (Phi) is 5.39. The zero-order valence-corrected chi connectivity index (χ0v) is 14.3. The second-order valence-electron chi connectivity index (χ2n) is 6.08. The molecule has 0 unspecified atom stereocenters. The van der Waals surface area contributed by atoms with Crippen LogP contribution in [-0.2, 0) is 4.79 Å². The molecule has 0 spiro atoms. The first-order chi connectivity index (χ1) is 11.4. The van der Waals surface area contributed by atoms with E-state index in [-0.39, 0.29) is 22.9 Å². The van der Waals surface area contributed by atoms with Gasteiger partial charge < -0.3 is 14.8 Å². The highest BCUT2D eigenvalue weighted by Gasteiger charge is 2.36. The number of rotatable bonds is 4. The smallest absolute Gasteiger partial charge is 0.266 e. The van der Waals surface area contributed by atoms with Crippen molar-refractivity contribution in [3.8, 4) is 6.07 Å². The number of pyridine rings is 1. The molecule has 1 fully saturated rings. The summed E-state index contributed by atoms with van der Waals surface area (Å²) >= 11 is 0. The standard InChI is InChI=1S/C17H22N4O3/c1-4-5-6-14-17(24)20(3)7-8-21(14)16(23)13-9-12(10-18)15(22)19-11(13)2/h9,14H,4-8H2,1-3H3,(H,19,22)/t14-/m1/s1. The number of nitriles is 1. The fourth-order valence-corrected chi connectivity index (χ4v) is 2.91. The average Bonchev–Trinajstić information content (AvgIpc) is 2.55. The van der Waals surface area contributed by atoms with Gasteiger partial charge in [0.15, 0.2) is 0 Å². The SMILES string of the molecule is CCCC[C@@H]1C(=O)N(C)CCN1C(=O)c1cc(C#N)c(=O)[nH]c1C. The van der Waals surface area contributed by atoms with Gasteiger partial charge in [0.25, 0.3) is 11.5 Å². The Labute approximate surface area is 140 Å². The monoisotopic (exact) mass is 330 g/mol. The van der Waals surface area contributed by atoms with Crippen LogP contribution >= 0.6 is 0 Å². The van der Waals surface area contributed by atoms with Crippen molar-refractivity contribution in [1.82, 2.24) is 14.8 Å². The number of amides is 2. The lowest BCUT2D eigenvalue weighted by Gasteiger charge is -2.39.